The zero-order valence-corrected chi connectivity index (χ0v) is 13.0. The quantitative estimate of drug-likeness (QED) is 0.916. The number of hydrogen-bond donors (Lipinski definition) is 1. The maximum Gasteiger partial charge on any atom is 0.0451 e. The van der Waals surface area contributed by atoms with Gasteiger partial charge in [-0.1, -0.05) is 27.5 Å². The van der Waals surface area contributed by atoms with Crippen LogP contribution in [-0.4, -0.2) is 24.0 Å². The maximum absolute atomic E-state index is 6.23. The number of nitrogens with two attached hydrogens (primary N) is 1. The summed E-state index contributed by atoms with van der Waals surface area (Å²) in [7, 11) is 0. The molecule has 18 heavy (non-hydrogen) atoms. The van der Waals surface area contributed by atoms with Gasteiger partial charge in [-0.25, -0.2) is 0 Å². The zero-order valence-electron chi connectivity index (χ0n) is 10.7. The van der Waals surface area contributed by atoms with Crippen molar-refractivity contribution in [3.05, 3.63) is 33.3 Å². The minimum Gasteiger partial charge on any atom is -0.328 e. The minimum atomic E-state index is 0.321. The van der Waals surface area contributed by atoms with Crippen molar-refractivity contribution < 1.29 is 0 Å². The number of rotatable bonds is 3. The van der Waals surface area contributed by atoms with Gasteiger partial charge < -0.3 is 5.73 Å². The molecule has 2 nitrogen and oxygen atoms in total. The summed E-state index contributed by atoms with van der Waals surface area (Å²) in [5.41, 5.74) is 7.16. The van der Waals surface area contributed by atoms with Gasteiger partial charge in [-0.15, -0.1) is 0 Å². The average molecular weight is 332 g/mol. The topological polar surface area (TPSA) is 29.3 Å². The van der Waals surface area contributed by atoms with E-state index in [-0.39, 0.29) is 0 Å². The van der Waals surface area contributed by atoms with Gasteiger partial charge in [-0.3, -0.25) is 4.90 Å². The molecule has 0 amide bonds. The molecule has 1 fully saturated rings. The molecule has 1 atom stereocenters. The van der Waals surface area contributed by atoms with Gasteiger partial charge in [0.1, 0.15) is 0 Å². The van der Waals surface area contributed by atoms with E-state index in [1.165, 1.54) is 18.4 Å². The molecule has 1 heterocycles. The Kier molecular flexibility index (Phi) is 5.07. The van der Waals surface area contributed by atoms with Crippen LogP contribution in [0.25, 0.3) is 0 Å². The first-order valence-corrected chi connectivity index (χ1v) is 7.65. The molecule has 100 valence electrons. The van der Waals surface area contributed by atoms with Crippen molar-refractivity contribution in [3.8, 4) is 0 Å². The molecular weight excluding hydrogens is 312 g/mol. The molecule has 1 unspecified atom stereocenters. The Labute approximate surface area is 123 Å². The first kappa shape index (κ1) is 14.3. The van der Waals surface area contributed by atoms with Gasteiger partial charge in [0.05, 0.1) is 0 Å². The van der Waals surface area contributed by atoms with Gasteiger partial charge in [0.25, 0.3) is 0 Å². The van der Waals surface area contributed by atoms with E-state index in [4.69, 9.17) is 17.3 Å². The summed E-state index contributed by atoms with van der Waals surface area (Å²) in [6.45, 7) is 5.29. The molecule has 0 aliphatic carbocycles. The largest absolute Gasteiger partial charge is 0.328 e. The standard InChI is InChI=1S/C14H20BrClN2/c1-10(17)11-4-6-18(7-5-11)9-12-8-13(15)2-3-14(12)16/h2-3,8,10-11H,4-7,9,17H2,1H3. The van der Waals surface area contributed by atoms with E-state index in [1.54, 1.807) is 0 Å². The normalized spacial score (nSPS) is 20.0. The number of hydrogen-bond acceptors (Lipinski definition) is 2. The summed E-state index contributed by atoms with van der Waals surface area (Å²) in [5, 5.41) is 0.854. The molecule has 4 heteroatoms. The van der Waals surface area contributed by atoms with Crippen molar-refractivity contribution in [2.24, 2.45) is 11.7 Å². The lowest BCUT2D eigenvalue weighted by Crippen LogP contribution is -2.39. The molecule has 0 radical (unpaired) electrons. The van der Waals surface area contributed by atoms with Crippen molar-refractivity contribution in [1.82, 2.24) is 4.90 Å². The lowest BCUT2D eigenvalue weighted by atomic mass is 9.91. The van der Waals surface area contributed by atoms with E-state index in [0.717, 1.165) is 29.1 Å². The van der Waals surface area contributed by atoms with Crippen LogP contribution in [-0.2, 0) is 6.54 Å². The van der Waals surface area contributed by atoms with Crippen LogP contribution in [0.15, 0.2) is 22.7 Å². The summed E-state index contributed by atoms with van der Waals surface area (Å²) in [5.74, 6) is 0.680. The molecule has 1 aromatic rings. The number of piperidine rings is 1. The molecule has 1 saturated heterocycles. The number of benzene rings is 1. The highest BCUT2D eigenvalue weighted by Gasteiger charge is 2.22. The van der Waals surface area contributed by atoms with E-state index in [9.17, 15) is 0 Å². The monoisotopic (exact) mass is 330 g/mol. The Morgan fingerprint density at radius 1 is 1.44 bits per heavy atom. The Morgan fingerprint density at radius 3 is 2.72 bits per heavy atom. The summed E-state index contributed by atoms with van der Waals surface area (Å²) >= 11 is 9.72. The molecule has 1 aliphatic heterocycles. The number of nitrogens with zero attached hydrogens (tertiary/aromatic N) is 1. The summed E-state index contributed by atoms with van der Waals surface area (Å²) < 4.78 is 1.09. The third kappa shape index (κ3) is 3.70. The van der Waals surface area contributed by atoms with Crippen LogP contribution < -0.4 is 5.73 Å². The second kappa shape index (κ2) is 6.38. The highest BCUT2D eigenvalue weighted by atomic mass is 79.9. The lowest BCUT2D eigenvalue weighted by Gasteiger charge is -2.33. The van der Waals surface area contributed by atoms with Gasteiger partial charge in [0.15, 0.2) is 0 Å². The summed E-state index contributed by atoms with van der Waals surface area (Å²) in [6.07, 6.45) is 2.40. The Hall–Kier alpha value is -0.0900. The van der Waals surface area contributed by atoms with Gasteiger partial charge >= 0.3 is 0 Å². The first-order valence-electron chi connectivity index (χ1n) is 6.48. The molecule has 0 aromatic heterocycles. The van der Waals surface area contributed by atoms with Crippen molar-refractivity contribution >= 4 is 27.5 Å². The fourth-order valence-corrected chi connectivity index (χ4v) is 3.13. The average Bonchev–Trinajstić information content (AvgIpc) is 2.34. The third-order valence-electron chi connectivity index (χ3n) is 3.78. The zero-order chi connectivity index (χ0) is 13.1. The molecule has 2 N–H and O–H groups in total. The van der Waals surface area contributed by atoms with Crippen molar-refractivity contribution in [3.63, 3.8) is 0 Å². The molecule has 1 aliphatic rings. The third-order valence-corrected chi connectivity index (χ3v) is 4.64. The smallest absolute Gasteiger partial charge is 0.0451 e. The van der Waals surface area contributed by atoms with Crippen molar-refractivity contribution in [2.45, 2.75) is 32.4 Å². The predicted octanol–water partition coefficient (Wildman–Crippen LogP) is 3.66. The van der Waals surface area contributed by atoms with Crippen LogP contribution in [0, 0.1) is 5.92 Å². The van der Waals surface area contributed by atoms with E-state index in [1.807, 2.05) is 12.1 Å². The van der Waals surface area contributed by atoms with Crippen LogP contribution in [0.3, 0.4) is 0 Å². The number of likely N-dealkylation sites (tertiary alicyclic amines) is 1. The molecule has 0 saturated carbocycles. The lowest BCUT2D eigenvalue weighted by molar-refractivity contribution is 0.166. The molecule has 1 aromatic carbocycles. The maximum atomic E-state index is 6.23. The minimum absolute atomic E-state index is 0.321. The van der Waals surface area contributed by atoms with Gasteiger partial charge in [-0.2, -0.15) is 0 Å². The molecular formula is C14H20BrClN2. The molecule has 0 spiro atoms. The SMILES string of the molecule is CC(N)C1CCN(Cc2cc(Br)ccc2Cl)CC1. The Bertz CT molecular complexity index is 401. The number of halogens is 2. The van der Waals surface area contributed by atoms with E-state index < -0.39 is 0 Å². The van der Waals surface area contributed by atoms with Gasteiger partial charge in [-0.05, 0) is 62.5 Å². The van der Waals surface area contributed by atoms with E-state index in [2.05, 4.69) is 33.8 Å². The Balaban J connectivity index is 1.93. The Morgan fingerprint density at radius 2 is 2.11 bits per heavy atom. The van der Waals surface area contributed by atoms with Crippen LogP contribution in [0.5, 0.6) is 0 Å². The summed E-state index contributed by atoms with van der Waals surface area (Å²) in [6, 6.07) is 6.37. The van der Waals surface area contributed by atoms with Crippen molar-refractivity contribution in [2.75, 3.05) is 13.1 Å². The van der Waals surface area contributed by atoms with E-state index in [0.29, 0.717) is 12.0 Å². The first-order chi connectivity index (χ1) is 8.56. The van der Waals surface area contributed by atoms with Crippen LogP contribution in [0.1, 0.15) is 25.3 Å². The highest BCUT2D eigenvalue weighted by Crippen LogP contribution is 2.25. The molecule has 2 rings (SSSR count). The van der Waals surface area contributed by atoms with Crippen LogP contribution in [0.2, 0.25) is 5.02 Å². The molecule has 0 bridgehead atoms. The highest BCUT2D eigenvalue weighted by molar-refractivity contribution is 9.10. The summed E-state index contributed by atoms with van der Waals surface area (Å²) in [4.78, 5) is 2.46. The van der Waals surface area contributed by atoms with Crippen LogP contribution in [0.4, 0.5) is 0 Å². The second-order valence-electron chi connectivity index (χ2n) is 5.21. The van der Waals surface area contributed by atoms with Gasteiger partial charge in [0, 0.05) is 22.1 Å². The van der Waals surface area contributed by atoms with Crippen molar-refractivity contribution in [1.29, 1.82) is 0 Å². The van der Waals surface area contributed by atoms with E-state index >= 15 is 0 Å². The fourth-order valence-electron chi connectivity index (χ4n) is 2.54. The second-order valence-corrected chi connectivity index (χ2v) is 6.53. The fraction of sp³-hybridized carbons (Fsp3) is 0.571. The van der Waals surface area contributed by atoms with Gasteiger partial charge in [0.2, 0.25) is 0 Å². The van der Waals surface area contributed by atoms with Crippen LogP contribution >= 0.6 is 27.5 Å². The predicted molar refractivity (Wildman–Crippen MR) is 80.8 cm³/mol.